The number of tetrazole rings is 1. The number of carboxylic acids is 1. The topological polar surface area (TPSA) is 121 Å². The lowest BCUT2D eigenvalue weighted by molar-refractivity contribution is 0.0690. The first kappa shape index (κ1) is 20.1. The molecule has 0 fully saturated rings. The average molecular weight is 415 g/mol. The number of aromatic carboxylic acids is 1. The van der Waals surface area contributed by atoms with Crippen LogP contribution in [0, 0.1) is 0 Å². The summed E-state index contributed by atoms with van der Waals surface area (Å²) in [6, 6.07) is 16.0. The molecule has 9 heteroatoms. The van der Waals surface area contributed by atoms with Gasteiger partial charge in [-0.2, -0.15) is 0 Å². The third-order valence-corrected chi connectivity index (χ3v) is 4.84. The maximum atomic E-state index is 11.6. The minimum absolute atomic E-state index is 0.0397. The molecule has 0 amide bonds. The average Bonchev–Trinajstić information content (AvgIpc) is 3.34. The van der Waals surface area contributed by atoms with E-state index in [-0.39, 0.29) is 5.69 Å². The van der Waals surface area contributed by atoms with E-state index in [1.165, 1.54) is 12.4 Å². The van der Waals surface area contributed by atoms with Crippen molar-refractivity contribution in [1.29, 1.82) is 0 Å². The maximum absolute atomic E-state index is 11.6. The SMILES string of the molecule is CCCN(Cc1ccc(-c2ccccc2-c2nnn[nH]2)cc1)c1nccnc1C(=O)O. The van der Waals surface area contributed by atoms with Crippen molar-refractivity contribution in [2.45, 2.75) is 19.9 Å². The molecule has 0 aliphatic carbocycles. The van der Waals surface area contributed by atoms with Gasteiger partial charge in [0.2, 0.25) is 0 Å². The van der Waals surface area contributed by atoms with Crippen LogP contribution >= 0.6 is 0 Å². The Balaban J connectivity index is 1.61. The third-order valence-electron chi connectivity index (χ3n) is 4.84. The van der Waals surface area contributed by atoms with Crippen molar-refractivity contribution in [3.05, 3.63) is 72.2 Å². The molecule has 4 rings (SSSR count). The first-order valence-electron chi connectivity index (χ1n) is 9.89. The van der Waals surface area contributed by atoms with Gasteiger partial charge < -0.3 is 10.0 Å². The minimum Gasteiger partial charge on any atom is -0.476 e. The van der Waals surface area contributed by atoms with E-state index in [4.69, 9.17) is 0 Å². The molecule has 0 saturated carbocycles. The molecule has 0 unspecified atom stereocenters. The summed E-state index contributed by atoms with van der Waals surface area (Å²) in [5, 5.41) is 23.6. The Morgan fingerprint density at radius 2 is 1.77 bits per heavy atom. The number of nitrogens with one attached hydrogen (secondary N) is 1. The second kappa shape index (κ2) is 9.12. The highest BCUT2D eigenvalue weighted by Crippen LogP contribution is 2.30. The van der Waals surface area contributed by atoms with E-state index in [0.717, 1.165) is 28.7 Å². The standard InChI is InChI=1S/C22H21N7O2/c1-2-13-29(21-19(22(30)31)23-11-12-24-21)14-15-7-9-16(10-8-15)17-5-3-4-6-18(17)20-25-27-28-26-20/h3-12H,2,13-14H2,1H3,(H,30,31)(H,25,26,27,28). The van der Waals surface area contributed by atoms with Gasteiger partial charge in [0.05, 0.1) is 0 Å². The lowest BCUT2D eigenvalue weighted by Gasteiger charge is -2.24. The molecular formula is C22H21N7O2. The maximum Gasteiger partial charge on any atom is 0.358 e. The van der Waals surface area contributed by atoms with E-state index >= 15 is 0 Å². The molecule has 9 nitrogen and oxygen atoms in total. The summed E-state index contributed by atoms with van der Waals surface area (Å²) < 4.78 is 0. The highest BCUT2D eigenvalue weighted by molar-refractivity contribution is 5.91. The smallest absolute Gasteiger partial charge is 0.358 e. The number of carboxylic acid groups (broad SMARTS) is 1. The molecule has 2 heterocycles. The number of hydrogen-bond donors (Lipinski definition) is 2. The molecule has 0 saturated heterocycles. The molecule has 2 N–H and O–H groups in total. The van der Waals surface area contributed by atoms with Gasteiger partial charge in [0.15, 0.2) is 17.3 Å². The monoisotopic (exact) mass is 415 g/mol. The van der Waals surface area contributed by atoms with E-state index in [2.05, 4.69) is 30.6 Å². The number of rotatable bonds is 8. The fourth-order valence-corrected chi connectivity index (χ4v) is 3.47. The number of carbonyl (C=O) groups is 1. The van der Waals surface area contributed by atoms with Crippen molar-refractivity contribution in [2.75, 3.05) is 11.4 Å². The second-order valence-electron chi connectivity index (χ2n) is 6.95. The van der Waals surface area contributed by atoms with Gasteiger partial charge in [-0.1, -0.05) is 55.5 Å². The van der Waals surface area contributed by atoms with Crippen LogP contribution in [0.15, 0.2) is 60.9 Å². The Labute approximate surface area is 178 Å². The van der Waals surface area contributed by atoms with Crippen LogP contribution in [0.4, 0.5) is 5.82 Å². The largest absolute Gasteiger partial charge is 0.476 e. The molecule has 0 aliphatic rings. The Morgan fingerprint density at radius 1 is 1.03 bits per heavy atom. The van der Waals surface area contributed by atoms with E-state index in [0.29, 0.717) is 24.7 Å². The molecule has 2 aromatic carbocycles. The van der Waals surface area contributed by atoms with Gasteiger partial charge in [-0.15, -0.1) is 5.10 Å². The summed E-state index contributed by atoms with van der Waals surface area (Å²) in [6.45, 7) is 3.24. The minimum atomic E-state index is -1.09. The summed E-state index contributed by atoms with van der Waals surface area (Å²) in [4.78, 5) is 21.8. The summed E-state index contributed by atoms with van der Waals surface area (Å²) >= 11 is 0. The van der Waals surface area contributed by atoms with Crippen LogP contribution in [0.25, 0.3) is 22.5 Å². The van der Waals surface area contributed by atoms with Crippen LogP contribution in [-0.4, -0.2) is 48.2 Å². The van der Waals surface area contributed by atoms with Crippen LogP contribution in [0.3, 0.4) is 0 Å². The first-order valence-corrected chi connectivity index (χ1v) is 9.89. The number of benzene rings is 2. The predicted octanol–water partition coefficient (Wildman–Crippen LogP) is 3.44. The fourth-order valence-electron chi connectivity index (χ4n) is 3.47. The van der Waals surface area contributed by atoms with Crippen molar-refractivity contribution in [2.24, 2.45) is 0 Å². The lowest BCUT2D eigenvalue weighted by Crippen LogP contribution is -2.27. The summed E-state index contributed by atoms with van der Waals surface area (Å²) in [5.41, 5.74) is 3.96. The van der Waals surface area contributed by atoms with Gasteiger partial charge in [-0.3, -0.25) is 0 Å². The highest BCUT2D eigenvalue weighted by atomic mass is 16.4. The van der Waals surface area contributed by atoms with Crippen LogP contribution in [0.5, 0.6) is 0 Å². The van der Waals surface area contributed by atoms with Gasteiger partial charge in [-0.05, 0) is 33.5 Å². The van der Waals surface area contributed by atoms with Crippen molar-refractivity contribution in [1.82, 2.24) is 30.6 Å². The fraction of sp³-hybridized carbons (Fsp3) is 0.182. The number of aromatic amines is 1. The van der Waals surface area contributed by atoms with Crippen LogP contribution in [-0.2, 0) is 6.54 Å². The first-order chi connectivity index (χ1) is 15.2. The van der Waals surface area contributed by atoms with Crippen molar-refractivity contribution in [3.8, 4) is 22.5 Å². The Bertz CT molecular complexity index is 1160. The predicted molar refractivity (Wildman–Crippen MR) is 115 cm³/mol. The highest BCUT2D eigenvalue weighted by Gasteiger charge is 2.19. The molecule has 0 radical (unpaired) electrons. The van der Waals surface area contributed by atoms with Crippen LogP contribution in [0.1, 0.15) is 29.4 Å². The molecular weight excluding hydrogens is 394 g/mol. The van der Waals surface area contributed by atoms with E-state index in [1.54, 1.807) is 0 Å². The number of anilines is 1. The van der Waals surface area contributed by atoms with Crippen molar-refractivity contribution < 1.29 is 9.90 Å². The molecule has 0 spiro atoms. The molecule has 4 aromatic rings. The van der Waals surface area contributed by atoms with Gasteiger partial charge in [0.1, 0.15) is 0 Å². The quantitative estimate of drug-likeness (QED) is 0.449. The number of nitrogens with zero attached hydrogens (tertiary/aromatic N) is 6. The van der Waals surface area contributed by atoms with E-state index in [1.807, 2.05) is 60.4 Å². The molecule has 0 atom stereocenters. The van der Waals surface area contributed by atoms with Gasteiger partial charge >= 0.3 is 5.97 Å². The molecule has 2 aromatic heterocycles. The number of hydrogen-bond acceptors (Lipinski definition) is 7. The number of aromatic nitrogens is 6. The van der Waals surface area contributed by atoms with Gasteiger partial charge in [0, 0.05) is 31.0 Å². The van der Waals surface area contributed by atoms with E-state index in [9.17, 15) is 9.90 Å². The summed E-state index contributed by atoms with van der Waals surface area (Å²) in [7, 11) is 0. The van der Waals surface area contributed by atoms with Crippen LogP contribution < -0.4 is 4.90 Å². The molecule has 0 bridgehead atoms. The van der Waals surface area contributed by atoms with Crippen LogP contribution in [0.2, 0.25) is 0 Å². The van der Waals surface area contributed by atoms with Gasteiger partial charge in [-0.25, -0.2) is 19.9 Å². The zero-order chi connectivity index (χ0) is 21.6. The van der Waals surface area contributed by atoms with Crippen molar-refractivity contribution >= 4 is 11.8 Å². The summed E-state index contributed by atoms with van der Waals surface area (Å²) in [6.07, 6.45) is 3.77. The zero-order valence-electron chi connectivity index (χ0n) is 16.9. The third kappa shape index (κ3) is 4.40. The summed E-state index contributed by atoms with van der Waals surface area (Å²) in [5.74, 6) is -0.0974. The van der Waals surface area contributed by atoms with Gasteiger partial charge in [0.25, 0.3) is 0 Å². The lowest BCUT2D eigenvalue weighted by atomic mass is 9.98. The Kier molecular flexibility index (Phi) is 5.93. The van der Waals surface area contributed by atoms with E-state index < -0.39 is 5.97 Å². The molecule has 31 heavy (non-hydrogen) atoms. The molecule has 156 valence electrons. The Morgan fingerprint density at radius 3 is 2.45 bits per heavy atom. The molecule has 0 aliphatic heterocycles. The Hall–Kier alpha value is -4.14. The zero-order valence-corrected chi connectivity index (χ0v) is 16.9. The normalized spacial score (nSPS) is 10.7. The van der Waals surface area contributed by atoms with Crippen molar-refractivity contribution in [3.63, 3.8) is 0 Å². The number of H-pyrrole nitrogens is 1. The second-order valence-corrected chi connectivity index (χ2v) is 6.95.